The van der Waals surface area contributed by atoms with Crippen LogP contribution in [0.5, 0.6) is 23.0 Å². The Bertz CT molecular complexity index is 2460. The van der Waals surface area contributed by atoms with Crippen LogP contribution in [0.4, 0.5) is 22.7 Å². The fourth-order valence-corrected chi connectivity index (χ4v) is 8.66. The molecule has 0 saturated carbocycles. The third-order valence-corrected chi connectivity index (χ3v) is 11.5. The molecule has 0 bridgehead atoms. The van der Waals surface area contributed by atoms with Gasteiger partial charge in [-0.15, -0.1) is 0 Å². The summed E-state index contributed by atoms with van der Waals surface area (Å²) in [6.45, 7) is 1.96. The molecule has 4 aliphatic heterocycles. The van der Waals surface area contributed by atoms with Gasteiger partial charge in [0.1, 0.15) is 44.6 Å². The minimum atomic E-state index is -0.229. The lowest BCUT2D eigenvalue weighted by atomic mass is 10.0. The van der Waals surface area contributed by atoms with Gasteiger partial charge in [-0.1, -0.05) is 48.5 Å². The molecule has 0 N–H and O–H groups in total. The molecule has 0 saturated heterocycles. The number of methoxy groups -OCH3 is 2. The van der Waals surface area contributed by atoms with Gasteiger partial charge in [-0.2, -0.15) is 0 Å². The Morgan fingerprint density at radius 1 is 0.644 bits per heavy atom. The smallest absolute Gasteiger partial charge is 0.246 e. The number of anilines is 2. The lowest BCUT2D eigenvalue weighted by molar-refractivity contribution is -0.401. The fourth-order valence-electron chi connectivity index (χ4n) is 8.66. The number of ether oxygens (including phenoxy) is 4. The van der Waals surface area contributed by atoms with Gasteiger partial charge in [0.25, 0.3) is 0 Å². The number of hydrogen-bond acceptors (Lipinski definition) is 7. The summed E-state index contributed by atoms with van der Waals surface area (Å²) < 4.78 is 28.2. The number of fused-ring (bicyclic) bond motifs is 8. The average Bonchev–Trinajstić information content (AvgIpc) is 3.74. The third kappa shape index (κ3) is 6.90. The van der Waals surface area contributed by atoms with Gasteiger partial charge < -0.3 is 42.7 Å². The molecule has 0 radical (unpaired) electrons. The summed E-state index contributed by atoms with van der Waals surface area (Å²) in [5.41, 5.74) is 9.06. The van der Waals surface area contributed by atoms with Gasteiger partial charge in [-0.25, -0.2) is 0 Å². The van der Waals surface area contributed by atoms with Crippen molar-refractivity contribution in [3.63, 3.8) is 0 Å². The zero-order valence-corrected chi connectivity index (χ0v) is 33.7. The normalized spacial score (nSPS) is 17.3. The number of rotatable bonds is 11. The number of aryl methyl sites for hydroxylation is 1. The van der Waals surface area contributed by atoms with Gasteiger partial charge >= 0.3 is 0 Å². The average molecular weight is 789 g/mol. The molecule has 0 spiro atoms. The van der Waals surface area contributed by atoms with E-state index in [1.807, 2.05) is 99.8 Å². The van der Waals surface area contributed by atoms with Crippen LogP contribution in [0.3, 0.4) is 0 Å². The molecule has 4 heterocycles. The van der Waals surface area contributed by atoms with Crippen LogP contribution >= 0.6 is 0 Å². The van der Waals surface area contributed by atoms with Gasteiger partial charge in [0.15, 0.2) is 11.5 Å². The molecule has 9 rings (SSSR count). The number of hydrogen-bond donors (Lipinski definition) is 0. The second kappa shape index (κ2) is 15.2. The molecule has 0 aliphatic carbocycles. The number of nitrogens with zero attached hydrogens (tertiary/aromatic N) is 4. The molecule has 2 atom stereocenters. The third-order valence-electron chi connectivity index (χ3n) is 11.5. The Kier molecular flexibility index (Phi) is 9.74. The van der Waals surface area contributed by atoms with Gasteiger partial charge in [-0.3, -0.25) is 9.59 Å². The fraction of sp³-hybridized carbons (Fsp3) is 0.271. The molecular formula is C48H44N4O7. The van der Waals surface area contributed by atoms with Crippen molar-refractivity contribution in [3.8, 4) is 23.0 Å². The number of benzene rings is 5. The highest BCUT2D eigenvalue weighted by Gasteiger charge is 2.37. The molecule has 298 valence electrons. The van der Waals surface area contributed by atoms with Crippen molar-refractivity contribution in [2.45, 2.75) is 57.9 Å². The molecule has 2 amide bonds. The van der Waals surface area contributed by atoms with Crippen LogP contribution in [-0.4, -0.2) is 79.6 Å². The molecule has 0 unspecified atom stereocenters. The van der Waals surface area contributed by atoms with E-state index in [0.717, 1.165) is 39.2 Å². The topological polar surface area (TPSA) is 101 Å². The number of amides is 2. The van der Waals surface area contributed by atoms with Crippen molar-refractivity contribution in [3.05, 3.63) is 130 Å². The molecule has 11 nitrogen and oxygen atoms in total. The summed E-state index contributed by atoms with van der Waals surface area (Å²) >= 11 is 0. The predicted octanol–water partition coefficient (Wildman–Crippen LogP) is 7.00. The first-order valence-electron chi connectivity index (χ1n) is 19.7. The van der Waals surface area contributed by atoms with E-state index in [1.54, 1.807) is 33.3 Å². The van der Waals surface area contributed by atoms with Gasteiger partial charge in [0.2, 0.25) is 11.8 Å². The standard InChI is InChI=1S/C48H44N4O7/c1-29(53)14-15-30-16-31(27-58-45-23-41-37(21-43(45)56-4)47(54)51-35(25-49(41)2)19-33-10-6-8-12-39(33)51)18-32(17-30)28-59-46-24-42-38(22-44(46)57-5)48(55)52-36(26-50(42)3)20-34-11-7-9-13-40(34)52/h6-13,16-18,21-24,35-36H,14-15,19-20,27-28H2,1-5H3/t35-,36-/m0/s1. The van der Waals surface area contributed by atoms with Crippen LogP contribution in [0.2, 0.25) is 0 Å². The van der Waals surface area contributed by atoms with Crippen molar-refractivity contribution in [1.29, 1.82) is 0 Å². The first-order valence-corrected chi connectivity index (χ1v) is 19.7. The lowest BCUT2D eigenvalue weighted by Crippen LogP contribution is -2.38. The van der Waals surface area contributed by atoms with E-state index < -0.39 is 0 Å². The Labute approximate surface area is 343 Å². The van der Waals surface area contributed by atoms with Crippen LogP contribution in [0.15, 0.2) is 91.0 Å². The largest absolute Gasteiger partial charge is 0.493 e. The Balaban J connectivity index is 0.980. The van der Waals surface area contributed by atoms with Gasteiger partial charge in [0, 0.05) is 53.4 Å². The Hall–Kier alpha value is -6.75. The van der Waals surface area contributed by atoms with Crippen molar-refractivity contribution in [1.82, 2.24) is 0 Å². The van der Waals surface area contributed by atoms with Crippen LogP contribution in [-0.2, 0) is 37.3 Å². The number of carbonyl (C=O) groups excluding carboxylic acids is 3. The maximum absolute atomic E-state index is 14.1. The highest BCUT2D eigenvalue weighted by Crippen LogP contribution is 2.42. The maximum atomic E-state index is 14.1. The van der Waals surface area contributed by atoms with E-state index in [-0.39, 0.29) is 42.9 Å². The summed E-state index contributed by atoms with van der Waals surface area (Å²) in [7, 11) is 6.92. The predicted molar refractivity (Wildman–Crippen MR) is 223 cm³/mol. The summed E-state index contributed by atoms with van der Waals surface area (Å²) in [6, 6.07) is 28.7. The number of para-hydroxylation sites is 2. The molecule has 11 heteroatoms. The minimum absolute atomic E-state index is 0.0985. The van der Waals surface area contributed by atoms with Crippen LogP contribution in [0.1, 0.15) is 61.9 Å². The van der Waals surface area contributed by atoms with Crippen molar-refractivity contribution < 1.29 is 42.5 Å². The van der Waals surface area contributed by atoms with Crippen molar-refractivity contribution >= 4 is 52.8 Å². The van der Waals surface area contributed by atoms with E-state index in [1.165, 1.54) is 0 Å². The summed E-state index contributed by atoms with van der Waals surface area (Å²) in [5, 5.41) is 0. The second-order valence-electron chi connectivity index (χ2n) is 15.4. The Morgan fingerprint density at radius 2 is 1.08 bits per heavy atom. The Morgan fingerprint density at radius 3 is 1.53 bits per heavy atom. The van der Waals surface area contributed by atoms with Crippen molar-refractivity contribution in [2.75, 3.05) is 38.1 Å². The van der Waals surface area contributed by atoms with E-state index in [2.05, 4.69) is 24.6 Å². The molecule has 5 aromatic rings. The molecule has 0 fully saturated rings. The number of ketones is 1. The van der Waals surface area contributed by atoms with E-state index >= 15 is 0 Å². The summed E-state index contributed by atoms with van der Waals surface area (Å²) in [4.78, 5) is 43.8. The minimum Gasteiger partial charge on any atom is -0.493 e. The monoisotopic (exact) mass is 788 g/mol. The summed E-state index contributed by atoms with van der Waals surface area (Å²) in [6.07, 6.45) is 9.31. The zero-order chi connectivity index (χ0) is 40.9. The first-order chi connectivity index (χ1) is 28.6. The molecule has 5 aromatic carbocycles. The second-order valence-corrected chi connectivity index (χ2v) is 15.4. The number of carbonyl (C=O) groups is 3. The van der Waals surface area contributed by atoms with E-state index in [9.17, 15) is 14.4 Å². The van der Waals surface area contributed by atoms with Gasteiger partial charge in [-0.05, 0) is 96.5 Å². The highest BCUT2D eigenvalue weighted by atomic mass is 16.5. The van der Waals surface area contributed by atoms with Crippen LogP contribution in [0.25, 0.3) is 0 Å². The van der Waals surface area contributed by atoms with E-state index in [0.29, 0.717) is 71.2 Å². The molecular weight excluding hydrogens is 745 g/mol. The maximum Gasteiger partial charge on any atom is 0.246 e. The van der Waals surface area contributed by atoms with Crippen LogP contribution in [0, 0.1) is 0 Å². The van der Waals surface area contributed by atoms with Gasteiger partial charge in [0.05, 0.1) is 25.6 Å². The number of Topliss-reactive ketones (excluding diaryl/α,β-unsaturated/α-hetero) is 1. The highest BCUT2D eigenvalue weighted by molar-refractivity contribution is 6.14. The molecule has 59 heavy (non-hydrogen) atoms. The zero-order valence-electron chi connectivity index (χ0n) is 33.7. The molecule has 4 aliphatic rings. The molecule has 0 aromatic heterocycles. The summed E-state index contributed by atoms with van der Waals surface area (Å²) in [5.74, 6) is 1.69. The van der Waals surface area contributed by atoms with E-state index in [4.69, 9.17) is 18.9 Å². The first kappa shape index (κ1) is 37.8. The lowest BCUT2D eigenvalue weighted by Gasteiger charge is -2.23. The van der Waals surface area contributed by atoms with Crippen LogP contribution < -0.4 is 28.7 Å². The van der Waals surface area contributed by atoms with Crippen molar-refractivity contribution in [2.24, 2.45) is 0 Å². The SMILES string of the molecule is COc1cc2c(cc1OCc1cc(CCC(C)=O)cc(COc3cc4c(cc3OC)C(=O)N3c5ccccc5C[C@H]3[C-]=[N+]4C)c1)[N+](C)=[C-][C@@H]1Cc3ccccc3N1C2=O. The quantitative estimate of drug-likeness (QED) is 0.105.